The van der Waals surface area contributed by atoms with Gasteiger partial charge in [0.25, 0.3) is 0 Å². The summed E-state index contributed by atoms with van der Waals surface area (Å²) in [6, 6.07) is 49.6. The van der Waals surface area contributed by atoms with Crippen LogP contribution in [-0.4, -0.2) is 127 Å². The maximum Gasteiger partial charge on any atom is 2.00 e. The topological polar surface area (TPSA) is 301 Å². The summed E-state index contributed by atoms with van der Waals surface area (Å²) in [6.45, 7) is 0. The average Bonchev–Trinajstić information content (AvgIpc) is 1.61. The van der Waals surface area contributed by atoms with Crippen molar-refractivity contribution in [3.63, 3.8) is 0 Å². The summed E-state index contributed by atoms with van der Waals surface area (Å²) in [6.07, 6.45) is 78.4. The molecule has 24 heterocycles. The van der Waals surface area contributed by atoms with E-state index in [1.165, 1.54) is 0 Å². The minimum absolute atomic E-state index is 0. The maximum absolute atomic E-state index is 4.90. The van der Waals surface area contributed by atoms with Crippen LogP contribution in [0.25, 0.3) is 201 Å². The van der Waals surface area contributed by atoms with Gasteiger partial charge >= 0.3 is 63.2 Å². The van der Waals surface area contributed by atoms with Gasteiger partial charge in [-0.25, -0.2) is 15.0 Å². The molecule has 0 saturated carbocycles. The largest absolute Gasteiger partial charge is 2.00 e. The van der Waals surface area contributed by atoms with Gasteiger partial charge in [-0.1, -0.05) is 272 Å². The van der Waals surface area contributed by atoms with Crippen LogP contribution in [0, 0.1) is 56.6 Å². The van der Waals surface area contributed by atoms with Crippen LogP contribution in [-0.2, 0) is 190 Å². The van der Waals surface area contributed by atoms with Crippen LogP contribution < -0.4 is 43.6 Å². The number of nitrogens with zero attached hydrogens (tertiary/aromatic N) is 36. The Balaban J connectivity index is 0.000000110. The number of aromatic nitrogens is 36. The zero-order valence-electron chi connectivity index (χ0n) is 78.9. The Hall–Kier alpha value is -15.6. The van der Waals surface area contributed by atoms with Gasteiger partial charge in [-0.2, -0.15) is 0 Å². The first-order valence-electron chi connectivity index (χ1n) is 44.8. The number of hydrogen-bond acceptors (Lipinski definition) is 9. The van der Waals surface area contributed by atoms with Crippen molar-refractivity contribution in [3.05, 3.63) is 369 Å². The zero-order valence-corrected chi connectivity index (χ0v) is 92.6. The molecule has 30 rings (SSSR count). The standard InChI is InChI=1S/3C18H14N6.3C17H12N6.6Pt/c3*1-21-10-11-23(12-21)15-5-3-4-13-14-6-8-24(17(14)20-16(13)15)18-19-7-9-22(18)2;3*1-21-9-7-19-17(21)23-8-5-13-12-3-2-4-14(15(12)20-16(13)23)22-10-6-18-11-22;;;;;;/h3*3-6,8-11H,1-2H3;3*2-10H,1H3;;;;;;/q6*-2;;;;3*+2. The fourth-order valence-corrected chi connectivity index (χ4v) is 18.5. The van der Waals surface area contributed by atoms with Crippen molar-refractivity contribution < 1.29 is 140 Å². The molecule has 0 unspecified atom stereocenters. The smallest absolute Gasteiger partial charge is 0.472 e. The summed E-state index contributed by atoms with van der Waals surface area (Å²) in [4.78, 5) is 67.5. The van der Waals surface area contributed by atoms with Crippen LogP contribution in [0.3, 0.4) is 0 Å². The van der Waals surface area contributed by atoms with Gasteiger partial charge in [0.05, 0.1) is 38.2 Å². The van der Waals surface area contributed by atoms with Crippen LogP contribution >= 0.6 is 0 Å². The zero-order chi connectivity index (χ0) is 94.9. The van der Waals surface area contributed by atoms with E-state index in [-0.39, 0.29) is 126 Å². The molecule has 0 aliphatic carbocycles. The Kier molecular flexibility index (Phi) is 28.0. The third-order valence-electron chi connectivity index (χ3n) is 25.2. The molecule has 0 bridgehead atoms. The second kappa shape index (κ2) is 41.2. The Morgan fingerprint density at radius 2 is 0.449 bits per heavy atom. The average molecular weight is 3010 g/mol. The molecule has 0 radical (unpaired) electrons. The van der Waals surface area contributed by atoms with Gasteiger partial charge in [0.15, 0.2) is 0 Å². The molecule has 6 aromatic carbocycles. The molecule has 36 nitrogen and oxygen atoms in total. The molecule has 0 spiro atoms. The molecule has 147 heavy (non-hydrogen) atoms. The van der Waals surface area contributed by atoms with E-state index in [9.17, 15) is 0 Å². The van der Waals surface area contributed by atoms with Gasteiger partial charge in [-0.3, -0.25) is 0 Å². The second-order valence-electron chi connectivity index (χ2n) is 33.9. The molecule has 0 atom stereocenters. The number of benzene rings is 6. The Labute approximate surface area is 922 Å². The molecule has 744 valence electrons. The third kappa shape index (κ3) is 17.5. The summed E-state index contributed by atoms with van der Waals surface area (Å²) in [7, 11) is 17.6. The van der Waals surface area contributed by atoms with Crippen molar-refractivity contribution in [1.29, 1.82) is 0 Å². The molecule has 0 aliphatic rings. The van der Waals surface area contributed by atoms with Crippen LogP contribution in [0.5, 0.6) is 0 Å². The van der Waals surface area contributed by atoms with E-state index < -0.39 is 0 Å². The van der Waals surface area contributed by atoms with E-state index in [1.54, 1.807) is 37.2 Å². The molecule has 30 aromatic rings. The van der Waals surface area contributed by atoms with Crippen molar-refractivity contribution in [1.82, 2.24) is 157 Å². The van der Waals surface area contributed by atoms with E-state index in [2.05, 4.69) is 211 Å². The predicted octanol–water partition coefficient (Wildman–Crippen LogP) is 12.4. The van der Waals surface area contributed by atoms with Crippen molar-refractivity contribution in [2.75, 3.05) is 0 Å². The van der Waals surface area contributed by atoms with Crippen molar-refractivity contribution in [2.24, 2.45) is 63.4 Å². The Bertz CT molecular complexity index is 8950. The maximum atomic E-state index is 4.90. The van der Waals surface area contributed by atoms with E-state index in [1.807, 2.05) is 326 Å². The molecular weight excluding hydrogens is 2940 g/mol. The summed E-state index contributed by atoms with van der Waals surface area (Å²) < 4.78 is 40.9. The van der Waals surface area contributed by atoms with Crippen LogP contribution in [0.4, 0.5) is 0 Å². The summed E-state index contributed by atoms with van der Waals surface area (Å²) in [5, 5.41) is 13.4. The van der Waals surface area contributed by atoms with Gasteiger partial charge in [0.1, 0.15) is 17.8 Å². The van der Waals surface area contributed by atoms with Crippen LogP contribution in [0.1, 0.15) is 0 Å². The van der Waals surface area contributed by atoms with Gasteiger partial charge < -0.3 is 156 Å². The summed E-state index contributed by atoms with van der Waals surface area (Å²) in [5.74, 6) is 4.94. The fraction of sp³-hybridized carbons (Fsp3) is 0.0857. The molecule has 42 heteroatoms. The van der Waals surface area contributed by atoms with Crippen LogP contribution in [0.15, 0.2) is 313 Å². The number of hydrogen-bond donors (Lipinski definition) is 0. The van der Waals surface area contributed by atoms with Gasteiger partial charge in [-0.05, 0) is 154 Å². The quantitative estimate of drug-likeness (QED) is 0.0811. The second-order valence-corrected chi connectivity index (χ2v) is 33.9. The van der Waals surface area contributed by atoms with Gasteiger partial charge in [-0.15, -0.1) is 18.6 Å². The first-order valence-corrected chi connectivity index (χ1v) is 44.8. The normalized spacial score (nSPS) is 11.2. The van der Waals surface area contributed by atoms with Crippen molar-refractivity contribution >= 4 is 132 Å². The third-order valence-corrected chi connectivity index (χ3v) is 25.2. The summed E-state index contributed by atoms with van der Waals surface area (Å²) in [5.41, 5.74) is 17.1. The van der Waals surface area contributed by atoms with E-state index in [0.717, 1.165) is 201 Å². The molecular formula is C105H78N36Pt6-6. The number of fused-ring (bicyclic) bond motifs is 18. The first kappa shape index (κ1) is 100. The number of para-hydroxylation sites is 6. The Morgan fingerprint density at radius 3 is 0.626 bits per heavy atom. The number of aryl methyl sites for hydroxylation is 9. The molecule has 0 amide bonds. The minimum atomic E-state index is 0. The SMILES string of the molecule is Cn1c[c-]nc1-n1ccc2c3cccc(-n4[c-][n+](C)cc4)c3[n-]c21.Cn1c[c-]nc1-n1ccc2c3cccc(-n4[c-][n+](C)cc4)c3[n-]c21.Cn1c[c-]nc1-n1ccc2c3cccc(-n4[c-][n+](C)cc4)c3[n-]c21.Cn1ccnc1-n1ccc2c3cccc(-n4[c-]ncc4)c3[n-]c21.Cn1ccnc1-n1ccc2c3cccc(-n4[c-]ncc4)c3[n-]c21.Cn1ccnc1-n1ccc2c3cccc(-n4[c-]ncc4)c3[n-]c21.[Pt+2].[Pt+2].[Pt+2].[Pt].[Pt].[Pt]. The first-order chi connectivity index (χ1) is 69.1. The molecule has 0 N–H and O–H groups in total. The number of imidazole rings is 12. The molecule has 24 aromatic heterocycles. The van der Waals surface area contributed by atoms with E-state index in [4.69, 9.17) is 29.9 Å². The fourth-order valence-electron chi connectivity index (χ4n) is 18.5. The van der Waals surface area contributed by atoms with Crippen molar-refractivity contribution in [3.8, 4) is 69.8 Å². The molecule has 0 saturated heterocycles. The number of rotatable bonds is 12. The monoisotopic (exact) mass is 3010 g/mol. The van der Waals surface area contributed by atoms with Gasteiger partial charge in [0.2, 0.25) is 19.0 Å². The van der Waals surface area contributed by atoms with Gasteiger partial charge in [0, 0.05) is 178 Å². The summed E-state index contributed by atoms with van der Waals surface area (Å²) >= 11 is 0. The molecule has 0 fully saturated rings. The minimum Gasteiger partial charge on any atom is -0.472 e. The van der Waals surface area contributed by atoms with Crippen molar-refractivity contribution in [2.45, 2.75) is 0 Å². The van der Waals surface area contributed by atoms with Crippen LogP contribution in [0.2, 0.25) is 0 Å². The van der Waals surface area contributed by atoms with E-state index in [0.29, 0.717) is 0 Å². The van der Waals surface area contributed by atoms with E-state index >= 15 is 0 Å². The predicted molar refractivity (Wildman–Crippen MR) is 528 cm³/mol. The Morgan fingerprint density at radius 1 is 0.231 bits per heavy atom. The molecule has 0 aliphatic heterocycles.